The fourth-order valence-corrected chi connectivity index (χ4v) is 3.12. The van der Waals surface area contributed by atoms with Crippen molar-refractivity contribution in [2.45, 2.75) is 59.0 Å². The van der Waals surface area contributed by atoms with Crippen molar-refractivity contribution < 1.29 is 9.59 Å². The Hall–Kier alpha value is -1.91. The molecule has 0 radical (unpaired) electrons. The van der Waals surface area contributed by atoms with E-state index >= 15 is 0 Å². The van der Waals surface area contributed by atoms with Gasteiger partial charge in [-0.1, -0.05) is 26.8 Å². The van der Waals surface area contributed by atoms with Crippen molar-refractivity contribution in [3.8, 4) is 0 Å². The summed E-state index contributed by atoms with van der Waals surface area (Å²) < 4.78 is 0. The van der Waals surface area contributed by atoms with Crippen molar-refractivity contribution in [2.75, 3.05) is 0 Å². The third kappa shape index (κ3) is 5.32. The Morgan fingerprint density at radius 2 is 1.92 bits per heavy atom. The van der Waals surface area contributed by atoms with Gasteiger partial charge in [0, 0.05) is 12.1 Å². The van der Waals surface area contributed by atoms with Gasteiger partial charge in [-0.3, -0.25) is 14.6 Å². The van der Waals surface area contributed by atoms with Crippen LogP contribution in [-0.2, 0) is 16.1 Å². The molecule has 1 aliphatic rings. The van der Waals surface area contributed by atoms with Crippen LogP contribution in [0.2, 0.25) is 0 Å². The molecule has 1 saturated carbocycles. The lowest BCUT2D eigenvalue weighted by Crippen LogP contribution is -2.51. The Kier molecular flexibility index (Phi) is 6.76. The van der Waals surface area contributed by atoms with Crippen molar-refractivity contribution in [3.05, 3.63) is 30.1 Å². The van der Waals surface area contributed by atoms with E-state index in [2.05, 4.69) is 22.5 Å². The molecule has 0 saturated heterocycles. The highest BCUT2D eigenvalue weighted by Crippen LogP contribution is 2.28. The molecule has 0 spiro atoms. The number of rotatable bonds is 6. The standard InChI is InChI=1S/C19H29N3O2/c1-13(2)17(19(24)21-12-16-6-4-5-11-20-16)22-18(23)15-9-7-14(3)8-10-15/h4-6,11,13-15,17H,7-10,12H2,1-3H3,(H,21,24)(H,22,23)/t14?,15?,17-/m1/s1. The lowest BCUT2D eigenvalue weighted by molar-refractivity contribution is -0.133. The van der Waals surface area contributed by atoms with Gasteiger partial charge >= 0.3 is 0 Å². The average molecular weight is 331 g/mol. The zero-order chi connectivity index (χ0) is 17.5. The van der Waals surface area contributed by atoms with Gasteiger partial charge in [0.1, 0.15) is 6.04 Å². The van der Waals surface area contributed by atoms with Crippen LogP contribution in [0.5, 0.6) is 0 Å². The minimum Gasteiger partial charge on any atom is -0.349 e. The van der Waals surface area contributed by atoms with Crippen molar-refractivity contribution in [1.82, 2.24) is 15.6 Å². The predicted octanol–water partition coefficient (Wildman–Crippen LogP) is 2.66. The normalized spacial score (nSPS) is 22.0. The van der Waals surface area contributed by atoms with Gasteiger partial charge in [0.05, 0.1) is 12.2 Å². The van der Waals surface area contributed by atoms with Gasteiger partial charge < -0.3 is 10.6 Å². The Morgan fingerprint density at radius 3 is 2.50 bits per heavy atom. The maximum atomic E-state index is 12.5. The molecule has 24 heavy (non-hydrogen) atoms. The summed E-state index contributed by atoms with van der Waals surface area (Å²) in [6, 6.07) is 5.10. The number of carbonyl (C=O) groups excluding carboxylic acids is 2. The highest BCUT2D eigenvalue weighted by Gasteiger charge is 2.29. The fraction of sp³-hybridized carbons (Fsp3) is 0.632. The molecular weight excluding hydrogens is 302 g/mol. The number of nitrogens with zero attached hydrogens (tertiary/aromatic N) is 1. The molecule has 5 heteroatoms. The summed E-state index contributed by atoms with van der Waals surface area (Å²) in [7, 11) is 0. The van der Waals surface area contributed by atoms with Crippen LogP contribution in [0, 0.1) is 17.8 Å². The van der Waals surface area contributed by atoms with Crippen molar-refractivity contribution >= 4 is 11.8 Å². The van der Waals surface area contributed by atoms with Crippen LogP contribution in [0.1, 0.15) is 52.1 Å². The predicted molar refractivity (Wildman–Crippen MR) is 94.0 cm³/mol. The summed E-state index contributed by atoms with van der Waals surface area (Å²) in [5.74, 6) is 0.671. The molecule has 0 aromatic carbocycles. The SMILES string of the molecule is CC1CCC(C(=O)N[C@@H](C(=O)NCc2ccccn2)C(C)C)CC1. The van der Waals surface area contributed by atoms with Gasteiger partial charge in [-0.05, 0) is 49.7 Å². The summed E-state index contributed by atoms with van der Waals surface area (Å²) in [5, 5.41) is 5.85. The maximum Gasteiger partial charge on any atom is 0.243 e. The first kappa shape index (κ1) is 18.4. The third-order valence-electron chi connectivity index (χ3n) is 4.80. The van der Waals surface area contributed by atoms with Crippen LogP contribution in [0.4, 0.5) is 0 Å². The van der Waals surface area contributed by atoms with E-state index in [1.54, 1.807) is 6.20 Å². The number of hydrogen-bond acceptors (Lipinski definition) is 3. The first-order valence-corrected chi connectivity index (χ1v) is 8.95. The highest BCUT2D eigenvalue weighted by molar-refractivity contribution is 5.88. The summed E-state index contributed by atoms with van der Waals surface area (Å²) in [6.45, 7) is 6.51. The van der Waals surface area contributed by atoms with Crippen molar-refractivity contribution in [1.29, 1.82) is 0 Å². The molecule has 1 aromatic rings. The molecule has 1 aromatic heterocycles. The highest BCUT2D eigenvalue weighted by atomic mass is 16.2. The largest absolute Gasteiger partial charge is 0.349 e. The monoisotopic (exact) mass is 331 g/mol. The summed E-state index contributed by atoms with van der Waals surface area (Å²) >= 11 is 0. The smallest absolute Gasteiger partial charge is 0.243 e. The number of aromatic nitrogens is 1. The molecular formula is C19H29N3O2. The number of hydrogen-bond donors (Lipinski definition) is 2. The maximum absolute atomic E-state index is 12.5. The second-order valence-corrected chi connectivity index (χ2v) is 7.23. The number of nitrogens with one attached hydrogen (secondary N) is 2. The van der Waals surface area contributed by atoms with Gasteiger partial charge in [-0.25, -0.2) is 0 Å². The molecule has 132 valence electrons. The van der Waals surface area contributed by atoms with Crippen molar-refractivity contribution in [3.63, 3.8) is 0 Å². The number of pyridine rings is 1. The Balaban J connectivity index is 1.88. The molecule has 0 bridgehead atoms. The van der Waals surface area contributed by atoms with E-state index < -0.39 is 6.04 Å². The molecule has 1 aliphatic carbocycles. The van der Waals surface area contributed by atoms with E-state index in [0.29, 0.717) is 12.5 Å². The molecule has 0 aliphatic heterocycles. The summed E-state index contributed by atoms with van der Waals surface area (Å²) in [6.07, 6.45) is 5.74. The lowest BCUT2D eigenvalue weighted by Gasteiger charge is -2.28. The molecule has 2 N–H and O–H groups in total. The van der Waals surface area contributed by atoms with Gasteiger partial charge in [0.25, 0.3) is 0 Å². The van der Waals surface area contributed by atoms with Crippen LogP contribution >= 0.6 is 0 Å². The van der Waals surface area contributed by atoms with Crippen LogP contribution in [0.3, 0.4) is 0 Å². The fourth-order valence-electron chi connectivity index (χ4n) is 3.12. The number of carbonyl (C=O) groups is 2. The van der Waals surface area contributed by atoms with Crippen LogP contribution in [-0.4, -0.2) is 22.8 Å². The van der Waals surface area contributed by atoms with E-state index in [1.807, 2.05) is 32.0 Å². The van der Waals surface area contributed by atoms with Crippen LogP contribution < -0.4 is 10.6 Å². The van der Waals surface area contributed by atoms with Gasteiger partial charge in [-0.15, -0.1) is 0 Å². The first-order valence-electron chi connectivity index (χ1n) is 8.95. The quantitative estimate of drug-likeness (QED) is 0.842. The van der Waals surface area contributed by atoms with E-state index in [-0.39, 0.29) is 23.7 Å². The summed E-state index contributed by atoms with van der Waals surface area (Å²) in [5.41, 5.74) is 0.806. The molecule has 0 unspecified atom stereocenters. The van der Waals surface area contributed by atoms with Gasteiger partial charge in [-0.2, -0.15) is 0 Å². The van der Waals surface area contributed by atoms with Gasteiger partial charge in [0.2, 0.25) is 11.8 Å². The Morgan fingerprint density at radius 1 is 1.21 bits per heavy atom. The number of amides is 2. The Bertz CT molecular complexity index is 537. The lowest BCUT2D eigenvalue weighted by atomic mass is 9.82. The van der Waals surface area contributed by atoms with E-state index in [4.69, 9.17) is 0 Å². The molecule has 1 atom stereocenters. The first-order chi connectivity index (χ1) is 11.5. The average Bonchev–Trinajstić information content (AvgIpc) is 2.58. The molecule has 2 rings (SSSR count). The topological polar surface area (TPSA) is 71.1 Å². The molecule has 2 amide bonds. The zero-order valence-electron chi connectivity index (χ0n) is 14.9. The van der Waals surface area contributed by atoms with Crippen LogP contribution in [0.25, 0.3) is 0 Å². The van der Waals surface area contributed by atoms with Crippen LogP contribution in [0.15, 0.2) is 24.4 Å². The summed E-state index contributed by atoms with van der Waals surface area (Å²) in [4.78, 5) is 29.2. The second-order valence-electron chi connectivity index (χ2n) is 7.23. The second kappa shape index (κ2) is 8.81. The molecule has 1 heterocycles. The van der Waals surface area contributed by atoms with E-state index in [1.165, 1.54) is 0 Å². The zero-order valence-corrected chi connectivity index (χ0v) is 14.9. The third-order valence-corrected chi connectivity index (χ3v) is 4.80. The molecule has 5 nitrogen and oxygen atoms in total. The van der Waals surface area contributed by atoms with Gasteiger partial charge in [0.15, 0.2) is 0 Å². The Labute approximate surface area is 144 Å². The van der Waals surface area contributed by atoms with E-state index in [9.17, 15) is 9.59 Å². The van der Waals surface area contributed by atoms with E-state index in [0.717, 1.165) is 31.4 Å². The minimum atomic E-state index is -0.499. The van der Waals surface area contributed by atoms with Crippen molar-refractivity contribution in [2.24, 2.45) is 17.8 Å². The molecule has 1 fully saturated rings. The minimum absolute atomic E-state index is 0.0218.